The summed E-state index contributed by atoms with van der Waals surface area (Å²) in [5.74, 6) is -1.90. The monoisotopic (exact) mass is 256 g/mol. The van der Waals surface area contributed by atoms with Crippen LogP contribution < -0.4 is 0 Å². The summed E-state index contributed by atoms with van der Waals surface area (Å²) < 4.78 is 0. The molecule has 0 spiro atoms. The molecule has 17 heavy (non-hydrogen) atoms. The number of thiophene rings is 1. The van der Waals surface area contributed by atoms with Crippen LogP contribution in [0.1, 0.15) is 30.2 Å². The van der Waals surface area contributed by atoms with E-state index in [2.05, 4.69) is 0 Å². The lowest BCUT2D eigenvalue weighted by atomic mass is 10.0. The first-order chi connectivity index (χ1) is 7.99. The summed E-state index contributed by atoms with van der Waals surface area (Å²) in [6.07, 6.45) is 2.04. The van der Waals surface area contributed by atoms with Crippen molar-refractivity contribution in [2.75, 3.05) is 0 Å². The van der Waals surface area contributed by atoms with Gasteiger partial charge in [-0.3, -0.25) is 9.59 Å². The van der Waals surface area contributed by atoms with Crippen molar-refractivity contribution in [3.8, 4) is 0 Å². The molecule has 0 aliphatic heterocycles. The molecule has 0 amide bonds. The SMILES string of the molecule is CC(CCc1cc(CCC(=O)O)cs1)C(=O)O. The topological polar surface area (TPSA) is 74.6 Å². The average Bonchev–Trinajstić information content (AvgIpc) is 2.70. The molecule has 0 radical (unpaired) electrons. The largest absolute Gasteiger partial charge is 0.481 e. The fraction of sp³-hybridized carbons (Fsp3) is 0.500. The smallest absolute Gasteiger partial charge is 0.306 e. The van der Waals surface area contributed by atoms with E-state index in [1.807, 2.05) is 11.4 Å². The fourth-order valence-corrected chi connectivity index (χ4v) is 2.37. The first kappa shape index (κ1) is 13.7. The van der Waals surface area contributed by atoms with E-state index < -0.39 is 11.9 Å². The van der Waals surface area contributed by atoms with Gasteiger partial charge in [0.15, 0.2) is 0 Å². The standard InChI is InChI=1S/C12H16O4S/c1-8(12(15)16)2-4-10-6-9(7-17-10)3-5-11(13)14/h6-8H,2-5H2,1H3,(H,13,14)(H,15,16). The van der Waals surface area contributed by atoms with E-state index in [-0.39, 0.29) is 12.3 Å². The second-order valence-corrected chi connectivity index (χ2v) is 5.09. The van der Waals surface area contributed by atoms with Crippen molar-refractivity contribution in [1.82, 2.24) is 0 Å². The van der Waals surface area contributed by atoms with E-state index in [1.54, 1.807) is 18.3 Å². The van der Waals surface area contributed by atoms with Crippen molar-refractivity contribution in [2.24, 2.45) is 5.92 Å². The lowest BCUT2D eigenvalue weighted by Crippen LogP contribution is -2.09. The van der Waals surface area contributed by atoms with Gasteiger partial charge in [-0.05, 0) is 36.3 Å². The molecule has 0 aliphatic carbocycles. The van der Waals surface area contributed by atoms with Crippen LogP contribution >= 0.6 is 11.3 Å². The summed E-state index contributed by atoms with van der Waals surface area (Å²) in [6, 6.07) is 1.97. The van der Waals surface area contributed by atoms with Crippen molar-refractivity contribution in [1.29, 1.82) is 0 Å². The van der Waals surface area contributed by atoms with Crippen LogP contribution in [0, 0.1) is 5.92 Å². The molecule has 1 unspecified atom stereocenters. The Hall–Kier alpha value is -1.36. The molecule has 0 saturated carbocycles. The summed E-state index contributed by atoms with van der Waals surface area (Å²) >= 11 is 1.57. The maximum atomic E-state index is 10.6. The van der Waals surface area contributed by atoms with Gasteiger partial charge in [0.2, 0.25) is 0 Å². The summed E-state index contributed by atoms with van der Waals surface area (Å²) in [6.45, 7) is 1.70. The Kier molecular flexibility index (Phi) is 5.15. The molecule has 1 heterocycles. The minimum absolute atomic E-state index is 0.141. The molecule has 94 valence electrons. The van der Waals surface area contributed by atoms with Crippen LogP contribution in [0.3, 0.4) is 0 Å². The number of aliphatic carboxylic acids is 2. The lowest BCUT2D eigenvalue weighted by Gasteiger charge is -2.03. The molecule has 1 aromatic rings. The van der Waals surface area contributed by atoms with Crippen molar-refractivity contribution in [3.63, 3.8) is 0 Å². The summed E-state index contributed by atoms with van der Waals surface area (Å²) in [7, 11) is 0. The molecule has 5 heteroatoms. The van der Waals surface area contributed by atoms with Crippen LogP contribution in [0.5, 0.6) is 0 Å². The third kappa shape index (κ3) is 4.99. The van der Waals surface area contributed by atoms with Crippen molar-refractivity contribution in [2.45, 2.75) is 32.6 Å². The van der Waals surface area contributed by atoms with Crippen LogP contribution in [0.4, 0.5) is 0 Å². The Balaban J connectivity index is 2.40. The fourth-order valence-electron chi connectivity index (χ4n) is 1.42. The summed E-state index contributed by atoms with van der Waals surface area (Å²) in [4.78, 5) is 22.2. The predicted octanol–water partition coefficient (Wildman–Crippen LogP) is 2.42. The van der Waals surface area contributed by atoms with Crippen LogP contribution in [0.25, 0.3) is 0 Å². The highest BCUT2D eigenvalue weighted by Gasteiger charge is 2.11. The second-order valence-electron chi connectivity index (χ2n) is 4.09. The Morgan fingerprint density at radius 2 is 2.06 bits per heavy atom. The molecule has 1 rings (SSSR count). The van der Waals surface area contributed by atoms with E-state index in [4.69, 9.17) is 10.2 Å². The highest BCUT2D eigenvalue weighted by atomic mass is 32.1. The molecule has 0 bridgehead atoms. The third-order valence-corrected chi connectivity index (χ3v) is 3.63. The van der Waals surface area contributed by atoms with E-state index in [9.17, 15) is 9.59 Å². The van der Waals surface area contributed by atoms with E-state index in [1.165, 1.54) is 0 Å². The van der Waals surface area contributed by atoms with Crippen LogP contribution in [-0.2, 0) is 22.4 Å². The molecular formula is C12H16O4S. The van der Waals surface area contributed by atoms with Gasteiger partial charge in [-0.25, -0.2) is 0 Å². The maximum Gasteiger partial charge on any atom is 0.306 e. The second kappa shape index (κ2) is 6.39. The van der Waals surface area contributed by atoms with Gasteiger partial charge < -0.3 is 10.2 Å². The van der Waals surface area contributed by atoms with Gasteiger partial charge in [-0.2, -0.15) is 0 Å². The molecule has 1 atom stereocenters. The Labute approximate surface area is 104 Å². The van der Waals surface area contributed by atoms with Gasteiger partial charge in [0.1, 0.15) is 0 Å². The van der Waals surface area contributed by atoms with Gasteiger partial charge in [0.05, 0.1) is 5.92 Å². The number of aryl methyl sites for hydroxylation is 2. The number of hydrogen-bond acceptors (Lipinski definition) is 3. The van der Waals surface area contributed by atoms with Crippen LogP contribution in [0.15, 0.2) is 11.4 Å². The molecule has 4 nitrogen and oxygen atoms in total. The van der Waals surface area contributed by atoms with E-state index in [0.29, 0.717) is 12.8 Å². The number of carbonyl (C=O) groups is 2. The van der Waals surface area contributed by atoms with Gasteiger partial charge in [-0.1, -0.05) is 6.92 Å². The Morgan fingerprint density at radius 3 is 2.65 bits per heavy atom. The van der Waals surface area contributed by atoms with Crippen molar-refractivity contribution >= 4 is 23.3 Å². The lowest BCUT2D eigenvalue weighted by molar-refractivity contribution is -0.141. The molecule has 0 fully saturated rings. The minimum Gasteiger partial charge on any atom is -0.481 e. The van der Waals surface area contributed by atoms with Crippen LogP contribution in [-0.4, -0.2) is 22.2 Å². The van der Waals surface area contributed by atoms with E-state index >= 15 is 0 Å². The number of rotatable bonds is 7. The average molecular weight is 256 g/mol. The highest BCUT2D eigenvalue weighted by molar-refractivity contribution is 7.10. The summed E-state index contributed by atoms with van der Waals surface area (Å²) in [5.41, 5.74) is 1.02. The van der Waals surface area contributed by atoms with Gasteiger partial charge in [0.25, 0.3) is 0 Å². The maximum absolute atomic E-state index is 10.6. The molecule has 2 N–H and O–H groups in total. The number of carboxylic acid groups (broad SMARTS) is 2. The normalized spacial score (nSPS) is 12.3. The van der Waals surface area contributed by atoms with Crippen molar-refractivity contribution in [3.05, 3.63) is 21.9 Å². The zero-order valence-corrected chi connectivity index (χ0v) is 10.5. The van der Waals surface area contributed by atoms with Crippen molar-refractivity contribution < 1.29 is 19.8 Å². The number of carboxylic acids is 2. The van der Waals surface area contributed by atoms with E-state index in [0.717, 1.165) is 16.9 Å². The Morgan fingerprint density at radius 1 is 1.35 bits per heavy atom. The van der Waals surface area contributed by atoms with Crippen LogP contribution in [0.2, 0.25) is 0 Å². The van der Waals surface area contributed by atoms with Gasteiger partial charge >= 0.3 is 11.9 Å². The molecule has 1 aromatic heterocycles. The first-order valence-electron chi connectivity index (χ1n) is 5.50. The molecular weight excluding hydrogens is 240 g/mol. The zero-order valence-electron chi connectivity index (χ0n) is 9.68. The summed E-state index contributed by atoms with van der Waals surface area (Å²) in [5, 5.41) is 19.3. The highest BCUT2D eigenvalue weighted by Crippen LogP contribution is 2.19. The Bertz CT molecular complexity index is 397. The molecule has 0 saturated heterocycles. The predicted molar refractivity (Wildman–Crippen MR) is 65.4 cm³/mol. The zero-order chi connectivity index (χ0) is 12.8. The number of hydrogen-bond donors (Lipinski definition) is 2. The van der Waals surface area contributed by atoms with Gasteiger partial charge in [-0.15, -0.1) is 11.3 Å². The quantitative estimate of drug-likeness (QED) is 0.785. The molecule has 0 aromatic carbocycles. The molecule has 0 aliphatic rings. The van der Waals surface area contributed by atoms with Gasteiger partial charge in [0, 0.05) is 11.3 Å². The minimum atomic E-state index is -0.794. The first-order valence-corrected chi connectivity index (χ1v) is 6.38. The third-order valence-electron chi connectivity index (χ3n) is 2.58.